The summed E-state index contributed by atoms with van der Waals surface area (Å²) in [7, 11) is 1.89. The number of hydrogen-bond donors (Lipinski definition) is 2. The Morgan fingerprint density at radius 3 is 2.89 bits per heavy atom. The first-order valence-electron chi connectivity index (χ1n) is 6.98. The molecule has 0 aromatic heterocycles. The van der Waals surface area contributed by atoms with Crippen LogP contribution in [0.15, 0.2) is 18.2 Å². The molecule has 0 aliphatic heterocycles. The molecule has 0 radical (unpaired) electrons. The van der Waals surface area contributed by atoms with Gasteiger partial charge in [-0.15, -0.1) is 0 Å². The molecule has 0 saturated heterocycles. The summed E-state index contributed by atoms with van der Waals surface area (Å²) in [5.41, 5.74) is 1.03. The minimum Gasteiger partial charge on any atom is -0.487 e. The van der Waals surface area contributed by atoms with E-state index in [-0.39, 0.29) is 12.2 Å². The van der Waals surface area contributed by atoms with Crippen LogP contribution in [0.1, 0.15) is 37.7 Å². The molecule has 0 heterocycles. The molecule has 2 rings (SSSR count). The molecule has 19 heavy (non-hydrogen) atoms. The van der Waals surface area contributed by atoms with Crippen LogP contribution in [0.3, 0.4) is 0 Å². The quantitative estimate of drug-likeness (QED) is 0.834. The van der Waals surface area contributed by atoms with Gasteiger partial charge < -0.3 is 15.2 Å². The van der Waals surface area contributed by atoms with Gasteiger partial charge in [-0.2, -0.15) is 0 Å². The zero-order valence-electron chi connectivity index (χ0n) is 11.4. The molecule has 1 aromatic rings. The molecule has 1 aromatic carbocycles. The molecule has 0 amide bonds. The highest BCUT2D eigenvalue weighted by molar-refractivity contribution is 6.30. The van der Waals surface area contributed by atoms with E-state index in [2.05, 4.69) is 5.32 Å². The van der Waals surface area contributed by atoms with Crippen LogP contribution >= 0.6 is 11.6 Å². The summed E-state index contributed by atoms with van der Waals surface area (Å²) in [6.45, 7) is 0.707. The third-order valence-corrected chi connectivity index (χ3v) is 3.82. The van der Waals surface area contributed by atoms with E-state index in [0.29, 0.717) is 11.6 Å². The first-order chi connectivity index (χ1) is 9.20. The highest BCUT2D eigenvalue weighted by Crippen LogP contribution is 2.28. The van der Waals surface area contributed by atoms with Crippen LogP contribution in [0.2, 0.25) is 5.02 Å². The highest BCUT2D eigenvalue weighted by atomic mass is 35.5. The van der Waals surface area contributed by atoms with Crippen LogP contribution in [-0.4, -0.2) is 24.4 Å². The molecule has 1 saturated carbocycles. The van der Waals surface area contributed by atoms with E-state index >= 15 is 0 Å². The Morgan fingerprint density at radius 1 is 1.32 bits per heavy atom. The van der Waals surface area contributed by atoms with Crippen LogP contribution in [0.25, 0.3) is 0 Å². The highest BCUT2D eigenvalue weighted by Gasteiger charge is 2.24. The van der Waals surface area contributed by atoms with Gasteiger partial charge in [-0.25, -0.2) is 0 Å². The number of rotatable bonds is 4. The first kappa shape index (κ1) is 14.6. The molecule has 0 spiro atoms. The predicted octanol–water partition coefficient (Wildman–Crippen LogP) is 3.13. The van der Waals surface area contributed by atoms with E-state index in [9.17, 15) is 5.11 Å². The fraction of sp³-hybridized carbons (Fsp3) is 0.600. The molecule has 1 aliphatic rings. The Bertz CT molecular complexity index is 411. The number of nitrogens with one attached hydrogen (secondary N) is 1. The van der Waals surface area contributed by atoms with Crippen LogP contribution in [-0.2, 0) is 6.54 Å². The molecule has 106 valence electrons. The maximum Gasteiger partial charge on any atom is 0.124 e. The Balaban J connectivity index is 2.12. The molecule has 3 nitrogen and oxygen atoms in total. The van der Waals surface area contributed by atoms with Gasteiger partial charge in [0, 0.05) is 17.1 Å². The number of aliphatic hydroxyl groups excluding tert-OH is 1. The molecule has 2 atom stereocenters. The van der Waals surface area contributed by atoms with Gasteiger partial charge in [-0.3, -0.25) is 0 Å². The third-order valence-electron chi connectivity index (χ3n) is 3.59. The second kappa shape index (κ2) is 7.13. The van der Waals surface area contributed by atoms with Gasteiger partial charge in [-0.05, 0) is 44.5 Å². The molecular formula is C15H22ClNO2. The van der Waals surface area contributed by atoms with Crippen molar-refractivity contribution in [2.45, 2.75) is 50.9 Å². The fourth-order valence-electron chi connectivity index (χ4n) is 2.55. The van der Waals surface area contributed by atoms with E-state index < -0.39 is 0 Å². The van der Waals surface area contributed by atoms with E-state index in [1.165, 1.54) is 6.42 Å². The lowest BCUT2D eigenvalue weighted by Gasteiger charge is -2.23. The number of aliphatic hydroxyl groups is 1. The van der Waals surface area contributed by atoms with Gasteiger partial charge in [0.2, 0.25) is 0 Å². The van der Waals surface area contributed by atoms with Crippen molar-refractivity contribution < 1.29 is 9.84 Å². The molecule has 1 fully saturated rings. The van der Waals surface area contributed by atoms with Crippen molar-refractivity contribution in [1.82, 2.24) is 5.32 Å². The van der Waals surface area contributed by atoms with Crippen LogP contribution in [0.4, 0.5) is 0 Å². The molecule has 0 bridgehead atoms. The summed E-state index contributed by atoms with van der Waals surface area (Å²) < 4.78 is 6.04. The SMILES string of the molecule is CNCc1cc(Cl)ccc1OC1CCCCCC1O. The van der Waals surface area contributed by atoms with Gasteiger partial charge >= 0.3 is 0 Å². The molecule has 1 aliphatic carbocycles. The Labute approximate surface area is 119 Å². The topological polar surface area (TPSA) is 41.5 Å². The van der Waals surface area contributed by atoms with Crippen molar-refractivity contribution in [3.63, 3.8) is 0 Å². The number of ether oxygens (including phenoxy) is 1. The average molecular weight is 284 g/mol. The summed E-state index contributed by atoms with van der Waals surface area (Å²) in [5.74, 6) is 0.824. The lowest BCUT2D eigenvalue weighted by molar-refractivity contribution is 0.0314. The van der Waals surface area contributed by atoms with Crippen LogP contribution in [0, 0.1) is 0 Å². The number of benzene rings is 1. The van der Waals surface area contributed by atoms with Crippen LogP contribution in [0.5, 0.6) is 5.75 Å². The van der Waals surface area contributed by atoms with Gasteiger partial charge in [0.15, 0.2) is 0 Å². The van der Waals surface area contributed by atoms with E-state index in [0.717, 1.165) is 37.0 Å². The third kappa shape index (κ3) is 4.10. The van der Waals surface area contributed by atoms with Crippen molar-refractivity contribution in [1.29, 1.82) is 0 Å². The van der Waals surface area contributed by atoms with E-state index in [4.69, 9.17) is 16.3 Å². The standard InChI is InChI=1S/C15H22ClNO2/c1-17-10-11-9-12(16)7-8-14(11)19-15-6-4-2-3-5-13(15)18/h7-9,13,15,17-18H,2-6,10H2,1H3. The second-order valence-corrected chi connectivity index (χ2v) is 5.58. The minimum absolute atomic E-state index is 0.0979. The minimum atomic E-state index is -0.361. The van der Waals surface area contributed by atoms with Gasteiger partial charge in [0.25, 0.3) is 0 Å². The summed E-state index contributed by atoms with van der Waals surface area (Å²) in [6.07, 6.45) is 4.69. The zero-order valence-corrected chi connectivity index (χ0v) is 12.1. The Morgan fingerprint density at radius 2 is 2.11 bits per heavy atom. The maximum atomic E-state index is 10.1. The zero-order chi connectivity index (χ0) is 13.7. The monoisotopic (exact) mass is 283 g/mol. The lowest BCUT2D eigenvalue weighted by atomic mass is 10.1. The molecule has 2 unspecified atom stereocenters. The summed E-state index contributed by atoms with van der Waals surface area (Å²) in [5, 5.41) is 13.9. The predicted molar refractivity (Wildman–Crippen MR) is 77.7 cm³/mol. The van der Waals surface area contributed by atoms with E-state index in [1.54, 1.807) is 0 Å². The van der Waals surface area contributed by atoms with Gasteiger partial charge in [0.1, 0.15) is 11.9 Å². The normalized spacial score (nSPS) is 23.9. The van der Waals surface area contributed by atoms with Crippen molar-refractivity contribution in [2.24, 2.45) is 0 Å². The molecule has 2 N–H and O–H groups in total. The van der Waals surface area contributed by atoms with Crippen molar-refractivity contribution in [2.75, 3.05) is 7.05 Å². The van der Waals surface area contributed by atoms with Crippen LogP contribution < -0.4 is 10.1 Å². The number of halogens is 1. The Kier molecular flexibility index (Phi) is 5.49. The van der Waals surface area contributed by atoms with Crippen molar-refractivity contribution >= 4 is 11.6 Å². The second-order valence-electron chi connectivity index (χ2n) is 5.14. The number of hydrogen-bond acceptors (Lipinski definition) is 3. The average Bonchev–Trinajstić information content (AvgIpc) is 2.58. The fourth-order valence-corrected chi connectivity index (χ4v) is 2.74. The summed E-state index contributed by atoms with van der Waals surface area (Å²) in [4.78, 5) is 0. The Hall–Kier alpha value is -0.770. The smallest absolute Gasteiger partial charge is 0.124 e. The molecule has 4 heteroatoms. The largest absolute Gasteiger partial charge is 0.487 e. The first-order valence-corrected chi connectivity index (χ1v) is 7.36. The lowest BCUT2D eigenvalue weighted by Crippen LogP contribution is -2.31. The van der Waals surface area contributed by atoms with Gasteiger partial charge in [-0.1, -0.05) is 24.4 Å². The molecular weight excluding hydrogens is 262 g/mol. The van der Waals surface area contributed by atoms with Crippen molar-refractivity contribution in [3.05, 3.63) is 28.8 Å². The maximum absolute atomic E-state index is 10.1. The summed E-state index contributed by atoms with van der Waals surface area (Å²) >= 11 is 6.02. The van der Waals surface area contributed by atoms with E-state index in [1.807, 2.05) is 25.2 Å². The van der Waals surface area contributed by atoms with Crippen molar-refractivity contribution in [3.8, 4) is 5.75 Å². The van der Waals surface area contributed by atoms with Gasteiger partial charge in [0.05, 0.1) is 6.10 Å². The summed E-state index contributed by atoms with van der Waals surface area (Å²) in [6, 6.07) is 5.64.